The van der Waals surface area contributed by atoms with E-state index in [9.17, 15) is 13.2 Å². The first-order chi connectivity index (χ1) is 10.4. The first-order valence-electron chi connectivity index (χ1n) is 6.34. The summed E-state index contributed by atoms with van der Waals surface area (Å²) in [5, 5.41) is 0.486. The summed E-state index contributed by atoms with van der Waals surface area (Å²) in [6.07, 6.45) is 0. The van der Waals surface area contributed by atoms with Gasteiger partial charge in [0.15, 0.2) is 0 Å². The Morgan fingerprint density at radius 3 is 2.23 bits per heavy atom. The molecule has 1 aromatic heterocycles. The van der Waals surface area contributed by atoms with Gasteiger partial charge in [0.05, 0.1) is 15.4 Å². The van der Waals surface area contributed by atoms with Gasteiger partial charge in [-0.3, -0.25) is 4.79 Å². The van der Waals surface area contributed by atoms with Crippen LogP contribution in [-0.4, -0.2) is 18.3 Å². The molecule has 2 N–H and O–H groups in total. The Morgan fingerprint density at radius 2 is 1.59 bits per heavy atom. The third-order valence-electron chi connectivity index (χ3n) is 3.29. The zero-order valence-corrected chi connectivity index (χ0v) is 12.8. The molecule has 0 fully saturated rings. The zero-order valence-electron chi connectivity index (χ0n) is 11.2. The van der Waals surface area contributed by atoms with Crippen LogP contribution in [0.1, 0.15) is 10.5 Å². The van der Waals surface area contributed by atoms with E-state index in [0.717, 1.165) is 3.97 Å². The monoisotopic (exact) mass is 334 g/mol. The summed E-state index contributed by atoms with van der Waals surface area (Å²) in [4.78, 5) is 11.8. The second-order valence-corrected chi connectivity index (χ2v) is 6.79. The number of aromatic nitrogens is 1. The van der Waals surface area contributed by atoms with Crippen LogP contribution >= 0.6 is 11.6 Å². The highest BCUT2D eigenvalue weighted by atomic mass is 35.5. The van der Waals surface area contributed by atoms with Gasteiger partial charge in [-0.15, -0.1) is 0 Å². The summed E-state index contributed by atoms with van der Waals surface area (Å²) < 4.78 is 26.7. The number of carbonyl (C=O) groups is 1. The number of benzene rings is 2. The maximum Gasteiger partial charge on any atom is 0.268 e. The van der Waals surface area contributed by atoms with Crippen molar-refractivity contribution in [2.45, 2.75) is 4.90 Å². The number of carbonyl (C=O) groups excluding carboxylic acids is 1. The van der Waals surface area contributed by atoms with Crippen molar-refractivity contribution in [2.75, 3.05) is 0 Å². The first-order valence-corrected chi connectivity index (χ1v) is 8.16. The molecule has 3 aromatic rings. The van der Waals surface area contributed by atoms with Crippen molar-refractivity contribution in [3.63, 3.8) is 0 Å². The highest BCUT2D eigenvalue weighted by Gasteiger charge is 2.28. The number of primary amides is 1. The van der Waals surface area contributed by atoms with E-state index in [-0.39, 0.29) is 15.6 Å². The van der Waals surface area contributed by atoms with Crippen LogP contribution in [0.5, 0.6) is 0 Å². The van der Waals surface area contributed by atoms with Crippen molar-refractivity contribution in [3.8, 4) is 0 Å². The van der Waals surface area contributed by atoms with Gasteiger partial charge in [-0.25, -0.2) is 12.4 Å². The molecule has 0 saturated heterocycles. The van der Waals surface area contributed by atoms with E-state index in [0.29, 0.717) is 10.9 Å². The maximum absolute atomic E-state index is 12.9. The highest BCUT2D eigenvalue weighted by molar-refractivity contribution is 7.90. The molecule has 0 bridgehead atoms. The summed E-state index contributed by atoms with van der Waals surface area (Å²) in [7, 11) is -3.99. The fraction of sp³-hybridized carbons (Fsp3) is 0. The Kier molecular flexibility index (Phi) is 3.42. The molecule has 5 nitrogen and oxygen atoms in total. The average molecular weight is 335 g/mol. The molecule has 0 radical (unpaired) electrons. The summed E-state index contributed by atoms with van der Waals surface area (Å²) in [6, 6.07) is 14.4. The minimum absolute atomic E-state index is 0.0302. The van der Waals surface area contributed by atoms with Crippen molar-refractivity contribution in [1.82, 2.24) is 3.97 Å². The molecule has 7 heteroatoms. The molecule has 0 aliphatic carbocycles. The molecule has 0 spiro atoms. The van der Waals surface area contributed by atoms with E-state index in [1.165, 1.54) is 12.1 Å². The lowest BCUT2D eigenvalue weighted by atomic mass is 10.2. The fourth-order valence-corrected chi connectivity index (χ4v) is 4.27. The van der Waals surface area contributed by atoms with Crippen LogP contribution < -0.4 is 5.73 Å². The second-order valence-electron chi connectivity index (χ2n) is 4.63. The van der Waals surface area contributed by atoms with Gasteiger partial charge in [-0.05, 0) is 18.2 Å². The van der Waals surface area contributed by atoms with Crippen molar-refractivity contribution in [1.29, 1.82) is 0 Å². The zero-order chi connectivity index (χ0) is 15.9. The number of nitrogens with two attached hydrogens (primary N) is 1. The Labute approximate surface area is 132 Å². The number of hydrogen-bond donors (Lipinski definition) is 1. The molecular weight excluding hydrogens is 324 g/mol. The van der Waals surface area contributed by atoms with E-state index >= 15 is 0 Å². The number of amides is 1. The van der Waals surface area contributed by atoms with Gasteiger partial charge in [-0.2, -0.15) is 0 Å². The lowest BCUT2D eigenvalue weighted by Crippen LogP contribution is -2.22. The van der Waals surface area contributed by atoms with E-state index < -0.39 is 15.9 Å². The van der Waals surface area contributed by atoms with Crippen LogP contribution in [-0.2, 0) is 10.0 Å². The summed E-state index contributed by atoms with van der Waals surface area (Å²) in [5.41, 5.74) is 5.41. The van der Waals surface area contributed by atoms with Gasteiger partial charge in [-0.1, -0.05) is 48.0 Å². The quantitative estimate of drug-likeness (QED) is 0.799. The summed E-state index contributed by atoms with van der Waals surface area (Å²) in [5.74, 6) is -0.902. The smallest absolute Gasteiger partial charge is 0.268 e. The molecule has 0 aliphatic rings. The van der Waals surface area contributed by atoms with Crippen molar-refractivity contribution < 1.29 is 13.2 Å². The molecule has 1 heterocycles. The Bertz CT molecular complexity index is 979. The molecule has 22 heavy (non-hydrogen) atoms. The number of halogens is 1. The lowest BCUT2D eigenvalue weighted by Gasteiger charge is -2.10. The van der Waals surface area contributed by atoms with Gasteiger partial charge in [0, 0.05) is 5.39 Å². The minimum atomic E-state index is -3.99. The number of rotatable bonds is 3. The van der Waals surface area contributed by atoms with Crippen LogP contribution in [0.15, 0.2) is 59.5 Å². The molecule has 2 aromatic carbocycles. The molecule has 0 aliphatic heterocycles. The molecule has 0 saturated carbocycles. The summed E-state index contributed by atoms with van der Waals surface area (Å²) in [6.45, 7) is 0. The van der Waals surface area contributed by atoms with Crippen LogP contribution in [0.25, 0.3) is 10.9 Å². The average Bonchev–Trinajstić information content (AvgIpc) is 2.82. The normalized spacial score (nSPS) is 11.7. The molecular formula is C15H11ClN2O3S. The van der Waals surface area contributed by atoms with Gasteiger partial charge in [0.2, 0.25) is 0 Å². The van der Waals surface area contributed by atoms with Crippen LogP contribution in [0.3, 0.4) is 0 Å². The SMILES string of the molecule is NC(=O)c1c(Cl)c2ccccc2n1S(=O)(=O)c1ccccc1. The molecule has 0 unspecified atom stereocenters. The predicted octanol–water partition coefficient (Wildman–Crippen LogP) is 2.63. The molecule has 112 valence electrons. The summed E-state index contributed by atoms with van der Waals surface area (Å²) >= 11 is 6.16. The van der Waals surface area contributed by atoms with E-state index in [1.807, 2.05) is 0 Å². The standard InChI is InChI=1S/C15H11ClN2O3S/c16-13-11-8-4-5-9-12(11)18(14(13)15(17)19)22(20,21)10-6-2-1-3-7-10/h1-9H,(H2,17,19). The van der Waals surface area contributed by atoms with Gasteiger partial charge in [0.25, 0.3) is 15.9 Å². The molecule has 0 atom stereocenters. The van der Waals surface area contributed by atoms with Crippen LogP contribution in [0.2, 0.25) is 5.02 Å². The van der Waals surface area contributed by atoms with Crippen molar-refractivity contribution in [3.05, 3.63) is 65.3 Å². The van der Waals surface area contributed by atoms with Crippen molar-refractivity contribution in [2.24, 2.45) is 5.73 Å². The van der Waals surface area contributed by atoms with E-state index in [4.69, 9.17) is 17.3 Å². The fourth-order valence-electron chi connectivity index (χ4n) is 2.33. The second kappa shape index (κ2) is 5.15. The highest BCUT2D eigenvalue weighted by Crippen LogP contribution is 2.33. The van der Waals surface area contributed by atoms with Gasteiger partial charge in [0.1, 0.15) is 5.69 Å². The number of hydrogen-bond acceptors (Lipinski definition) is 3. The largest absolute Gasteiger partial charge is 0.364 e. The Morgan fingerprint density at radius 1 is 1.00 bits per heavy atom. The minimum Gasteiger partial charge on any atom is -0.364 e. The van der Waals surface area contributed by atoms with Gasteiger partial charge < -0.3 is 5.73 Å². The van der Waals surface area contributed by atoms with Crippen LogP contribution in [0, 0.1) is 0 Å². The van der Waals surface area contributed by atoms with Crippen molar-refractivity contribution >= 4 is 38.4 Å². The van der Waals surface area contributed by atoms with E-state index in [1.54, 1.807) is 42.5 Å². The van der Waals surface area contributed by atoms with Crippen LogP contribution in [0.4, 0.5) is 0 Å². The Hall–Kier alpha value is -2.31. The first kappa shape index (κ1) is 14.6. The third-order valence-corrected chi connectivity index (χ3v) is 5.40. The van der Waals surface area contributed by atoms with Gasteiger partial charge >= 0.3 is 0 Å². The number of para-hydroxylation sites is 1. The third kappa shape index (κ3) is 2.08. The predicted molar refractivity (Wildman–Crippen MR) is 84.5 cm³/mol. The molecule has 3 rings (SSSR count). The number of nitrogens with zero attached hydrogens (tertiary/aromatic N) is 1. The lowest BCUT2D eigenvalue weighted by molar-refractivity contribution is 0.0995. The molecule has 1 amide bonds. The number of fused-ring (bicyclic) bond motifs is 1. The van der Waals surface area contributed by atoms with E-state index in [2.05, 4.69) is 0 Å². The maximum atomic E-state index is 12.9. The Balaban J connectivity index is 2.45. The topological polar surface area (TPSA) is 82.2 Å².